The number of nitrogens with zero attached hydrogens (tertiary/aromatic N) is 1. The molecule has 0 aliphatic heterocycles. The normalized spacial score (nSPS) is 11.1. The first-order valence-corrected chi connectivity index (χ1v) is 7.67. The molecule has 0 aliphatic carbocycles. The molecule has 2 aromatic carbocycles. The fraction of sp³-hybridized carbons (Fsp3) is 0.133. The number of methoxy groups -OCH3 is 1. The predicted molar refractivity (Wildman–Crippen MR) is 91.9 cm³/mol. The third kappa shape index (κ3) is 2.41. The number of hydrogen-bond acceptors (Lipinski definition) is 2. The van der Waals surface area contributed by atoms with Gasteiger partial charge >= 0.3 is 0 Å². The van der Waals surface area contributed by atoms with Crippen molar-refractivity contribution in [3.05, 3.63) is 56.4 Å². The van der Waals surface area contributed by atoms with E-state index in [-0.39, 0.29) is 0 Å². The molecule has 3 rings (SSSR count). The topological polar surface area (TPSA) is 29.9 Å². The first-order chi connectivity index (χ1) is 9.70. The van der Waals surface area contributed by atoms with Crippen LogP contribution in [0.15, 0.2) is 42.5 Å². The number of aromatic amines is 1. The van der Waals surface area contributed by atoms with Gasteiger partial charge in [0, 0.05) is 16.2 Å². The molecule has 0 saturated carbocycles. The standard InChI is InChI=1S/C15H13IN2OS/c1-19-9-10-4-2-3-5-13(10)18-14-7-6-11(16)8-12(14)17-15(18)20/h2-8H,9H2,1H3,(H,17,20). The number of nitrogens with one attached hydrogen (secondary N) is 1. The van der Waals surface area contributed by atoms with E-state index in [2.05, 4.69) is 62.5 Å². The minimum atomic E-state index is 0.564. The highest BCUT2D eigenvalue weighted by Gasteiger charge is 2.10. The van der Waals surface area contributed by atoms with Gasteiger partial charge < -0.3 is 9.72 Å². The van der Waals surface area contributed by atoms with E-state index in [1.54, 1.807) is 7.11 Å². The second kappa shape index (κ2) is 5.67. The molecule has 1 aromatic heterocycles. The number of rotatable bonds is 3. The molecule has 0 aliphatic rings. The van der Waals surface area contributed by atoms with Crippen molar-refractivity contribution in [1.29, 1.82) is 0 Å². The number of hydrogen-bond donors (Lipinski definition) is 1. The molecule has 0 spiro atoms. The van der Waals surface area contributed by atoms with E-state index in [1.165, 1.54) is 3.57 Å². The minimum Gasteiger partial charge on any atom is -0.380 e. The van der Waals surface area contributed by atoms with Crippen molar-refractivity contribution in [2.75, 3.05) is 7.11 Å². The first kappa shape index (κ1) is 13.8. The van der Waals surface area contributed by atoms with E-state index >= 15 is 0 Å². The Hall–Kier alpha value is -1.18. The first-order valence-electron chi connectivity index (χ1n) is 6.18. The minimum absolute atomic E-state index is 0.564. The van der Waals surface area contributed by atoms with Gasteiger partial charge in [-0.05, 0) is 59.1 Å². The van der Waals surface area contributed by atoms with Crippen LogP contribution in [-0.4, -0.2) is 16.7 Å². The third-order valence-electron chi connectivity index (χ3n) is 3.18. The Kier molecular flexibility index (Phi) is 3.91. The molecule has 0 fully saturated rings. The summed E-state index contributed by atoms with van der Waals surface area (Å²) in [4.78, 5) is 3.27. The molecule has 0 radical (unpaired) electrons. The van der Waals surface area contributed by atoms with Gasteiger partial charge in [-0.1, -0.05) is 18.2 Å². The van der Waals surface area contributed by atoms with E-state index < -0.39 is 0 Å². The highest BCUT2D eigenvalue weighted by atomic mass is 127. The smallest absolute Gasteiger partial charge is 0.182 e. The van der Waals surface area contributed by atoms with Gasteiger partial charge in [0.15, 0.2) is 4.77 Å². The molecule has 0 atom stereocenters. The van der Waals surface area contributed by atoms with Crippen LogP contribution in [0.4, 0.5) is 0 Å². The zero-order chi connectivity index (χ0) is 14.1. The summed E-state index contributed by atoms with van der Waals surface area (Å²) >= 11 is 7.79. The van der Waals surface area contributed by atoms with Crippen LogP contribution >= 0.6 is 34.8 Å². The second-order valence-electron chi connectivity index (χ2n) is 4.49. The third-order valence-corrected chi connectivity index (χ3v) is 4.13. The molecule has 20 heavy (non-hydrogen) atoms. The van der Waals surface area contributed by atoms with Crippen molar-refractivity contribution in [3.63, 3.8) is 0 Å². The Morgan fingerprint density at radius 3 is 2.85 bits per heavy atom. The number of H-pyrrole nitrogens is 1. The summed E-state index contributed by atoms with van der Waals surface area (Å²) in [5.41, 5.74) is 4.31. The van der Waals surface area contributed by atoms with E-state index in [0.717, 1.165) is 22.3 Å². The molecule has 102 valence electrons. The van der Waals surface area contributed by atoms with Gasteiger partial charge in [0.05, 0.1) is 23.3 Å². The van der Waals surface area contributed by atoms with Crippen molar-refractivity contribution in [2.45, 2.75) is 6.61 Å². The molecule has 5 heteroatoms. The number of ether oxygens (including phenoxy) is 1. The van der Waals surface area contributed by atoms with Gasteiger partial charge in [-0.15, -0.1) is 0 Å². The molecule has 3 aromatic rings. The van der Waals surface area contributed by atoms with Crippen LogP contribution in [0.5, 0.6) is 0 Å². The van der Waals surface area contributed by atoms with Gasteiger partial charge in [0.1, 0.15) is 0 Å². The largest absolute Gasteiger partial charge is 0.380 e. The SMILES string of the molecule is COCc1ccccc1-n1c(=S)[nH]c2cc(I)ccc21. The molecular weight excluding hydrogens is 383 g/mol. The number of benzene rings is 2. The van der Waals surface area contributed by atoms with Crippen molar-refractivity contribution in [1.82, 2.24) is 9.55 Å². The van der Waals surface area contributed by atoms with Gasteiger partial charge in [-0.3, -0.25) is 4.57 Å². The highest BCUT2D eigenvalue weighted by Crippen LogP contribution is 2.24. The Balaban J connectivity index is 2.30. The lowest BCUT2D eigenvalue weighted by atomic mass is 10.2. The zero-order valence-corrected chi connectivity index (χ0v) is 13.9. The summed E-state index contributed by atoms with van der Waals surface area (Å²) in [5.74, 6) is 0. The summed E-state index contributed by atoms with van der Waals surface area (Å²) < 4.78 is 9.23. The Morgan fingerprint density at radius 2 is 2.05 bits per heavy atom. The average Bonchev–Trinajstić information content (AvgIpc) is 2.75. The summed E-state index contributed by atoms with van der Waals surface area (Å²) in [6.45, 7) is 0.564. The van der Waals surface area contributed by atoms with E-state index in [1.807, 2.05) is 12.1 Å². The van der Waals surface area contributed by atoms with Gasteiger partial charge in [-0.2, -0.15) is 0 Å². The molecule has 0 saturated heterocycles. The van der Waals surface area contributed by atoms with Crippen LogP contribution in [0.2, 0.25) is 0 Å². The zero-order valence-electron chi connectivity index (χ0n) is 10.9. The van der Waals surface area contributed by atoms with E-state index in [0.29, 0.717) is 11.4 Å². The lowest BCUT2D eigenvalue weighted by Crippen LogP contribution is -2.00. The van der Waals surface area contributed by atoms with Crippen LogP contribution in [0.3, 0.4) is 0 Å². The predicted octanol–water partition coefficient (Wildman–Crippen LogP) is 4.44. The Morgan fingerprint density at radius 1 is 1.25 bits per heavy atom. The summed E-state index contributed by atoms with van der Waals surface area (Å²) in [6, 6.07) is 14.4. The molecule has 0 unspecified atom stereocenters. The quantitative estimate of drug-likeness (QED) is 0.524. The molecular formula is C15H13IN2OS. The number of para-hydroxylation sites is 1. The van der Waals surface area contributed by atoms with Crippen molar-refractivity contribution < 1.29 is 4.74 Å². The Bertz CT molecular complexity index is 822. The fourth-order valence-electron chi connectivity index (χ4n) is 2.33. The maximum atomic E-state index is 5.49. The van der Waals surface area contributed by atoms with Crippen LogP contribution < -0.4 is 0 Å². The monoisotopic (exact) mass is 396 g/mol. The van der Waals surface area contributed by atoms with Gasteiger partial charge in [0.2, 0.25) is 0 Å². The van der Waals surface area contributed by atoms with E-state index in [9.17, 15) is 0 Å². The summed E-state index contributed by atoms with van der Waals surface area (Å²) in [7, 11) is 1.70. The Labute approximate surface area is 135 Å². The lowest BCUT2D eigenvalue weighted by Gasteiger charge is -2.10. The second-order valence-corrected chi connectivity index (χ2v) is 6.12. The number of imidazole rings is 1. The van der Waals surface area contributed by atoms with Crippen molar-refractivity contribution >= 4 is 45.8 Å². The number of fused-ring (bicyclic) bond motifs is 1. The molecule has 3 nitrogen and oxygen atoms in total. The van der Waals surface area contributed by atoms with Crippen molar-refractivity contribution in [3.8, 4) is 5.69 Å². The average molecular weight is 396 g/mol. The highest BCUT2D eigenvalue weighted by molar-refractivity contribution is 14.1. The molecule has 1 heterocycles. The van der Waals surface area contributed by atoms with E-state index in [4.69, 9.17) is 17.0 Å². The molecule has 0 bridgehead atoms. The summed E-state index contributed by atoms with van der Waals surface area (Å²) in [5, 5.41) is 0. The van der Waals surface area contributed by atoms with Crippen LogP contribution in [-0.2, 0) is 11.3 Å². The van der Waals surface area contributed by atoms with Gasteiger partial charge in [0.25, 0.3) is 0 Å². The number of halogens is 1. The van der Waals surface area contributed by atoms with Crippen molar-refractivity contribution in [2.24, 2.45) is 0 Å². The number of aromatic nitrogens is 2. The fourth-order valence-corrected chi connectivity index (χ4v) is 3.13. The van der Waals surface area contributed by atoms with Gasteiger partial charge in [-0.25, -0.2) is 0 Å². The molecule has 1 N–H and O–H groups in total. The van der Waals surface area contributed by atoms with Crippen LogP contribution in [0.1, 0.15) is 5.56 Å². The van der Waals surface area contributed by atoms with Crippen LogP contribution in [0.25, 0.3) is 16.7 Å². The lowest BCUT2D eigenvalue weighted by molar-refractivity contribution is 0.185. The summed E-state index contributed by atoms with van der Waals surface area (Å²) in [6.07, 6.45) is 0. The maximum absolute atomic E-state index is 5.49. The van der Waals surface area contributed by atoms with Crippen LogP contribution in [0, 0.1) is 8.34 Å². The molecule has 0 amide bonds. The maximum Gasteiger partial charge on any atom is 0.182 e.